The van der Waals surface area contributed by atoms with E-state index in [0.29, 0.717) is 19.4 Å². The maximum Gasteiger partial charge on any atom is 0.407 e. The van der Waals surface area contributed by atoms with Crippen LogP contribution in [0.3, 0.4) is 0 Å². The minimum absolute atomic E-state index is 0.0480. The molecule has 1 atom stereocenters. The summed E-state index contributed by atoms with van der Waals surface area (Å²) >= 11 is 3.80. The number of thiol groups is 1. The second-order valence-electron chi connectivity index (χ2n) is 6.89. The van der Waals surface area contributed by atoms with Crippen LogP contribution in [0.25, 0.3) is 11.1 Å². The topological polar surface area (TPSA) is 55.4 Å². The molecule has 142 valence electrons. The van der Waals surface area contributed by atoms with E-state index in [4.69, 9.17) is 4.74 Å². The van der Waals surface area contributed by atoms with Crippen molar-refractivity contribution in [3.8, 4) is 11.1 Å². The van der Waals surface area contributed by atoms with Gasteiger partial charge in [-0.25, -0.2) is 4.79 Å². The molecule has 0 fully saturated rings. The molecule has 5 heteroatoms. The third-order valence-electron chi connectivity index (χ3n) is 5.01. The number of hydrogen-bond donors (Lipinski definition) is 2. The van der Waals surface area contributed by atoms with Gasteiger partial charge in [0.05, 0.1) is 0 Å². The molecule has 0 aromatic heterocycles. The molecule has 3 rings (SSSR count). The van der Waals surface area contributed by atoms with Crippen molar-refractivity contribution in [1.82, 2.24) is 5.32 Å². The van der Waals surface area contributed by atoms with Gasteiger partial charge in [0.2, 0.25) is 0 Å². The van der Waals surface area contributed by atoms with Crippen molar-refractivity contribution >= 4 is 23.8 Å². The molecule has 27 heavy (non-hydrogen) atoms. The standard InChI is InChI=1S/C22H25NO3S/c1-2-7-15(12-13-21(24)27)23-22(25)26-14-20-18-10-5-3-8-16(18)17-9-4-6-11-19(17)20/h3-6,8-11,15,20H,2,7,12-14H2,1H3,(H,23,25)(H,24,27)/t15-/m1/s1. The predicted octanol–water partition coefficient (Wildman–Crippen LogP) is 4.93. The van der Waals surface area contributed by atoms with Crippen molar-refractivity contribution in [3.63, 3.8) is 0 Å². The number of rotatable bonds is 8. The number of fused-ring (bicyclic) bond motifs is 3. The number of carbonyl (C=O) groups is 2. The average Bonchev–Trinajstić information content (AvgIpc) is 2.98. The van der Waals surface area contributed by atoms with Crippen LogP contribution >= 0.6 is 12.6 Å². The van der Waals surface area contributed by atoms with Gasteiger partial charge in [-0.3, -0.25) is 4.79 Å². The van der Waals surface area contributed by atoms with E-state index in [1.165, 1.54) is 22.3 Å². The summed E-state index contributed by atoms with van der Waals surface area (Å²) < 4.78 is 5.57. The van der Waals surface area contributed by atoms with Gasteiger partial charge in [-0.2, -0.15) is 0 Å². The Morgan fingerprint density at radius 3 is 2.19 bits per heavy atom. The van der Waals surface area contributed by atoms with Gasteiger partial charge in [0.15, 0.2) is 5.12 Å². The van der Waals surface area contributed by atoms with Crippen LogP contribution in [0.4, 0.5) is 4.79 Å². The van der Waals surface area contributed by atoms with E-state index in [-0.39, 0.29) is 17.1 Å². The number of nitrogens with one attached hydrogen (secondary N) is 1. The van der Waals surface area contributed by atoms with Gasteiger partial charge in [0.1, 0.15) is 6.61 Å². The maximum absolute atomic E-state index is 12.3. The third kappa shape index (κ3) is 4.72. The molecular formula is C22H25NO3S. The molecule has 0 saturated carbocycles. The first-order valence-corrected chi connectivity index (χ1v) is 9.88. The van der Waals surface area contributed by atoms with Gasteiger partial charge < -0.3 is 10.1 Å². The summed E-state index contributed by atoms with van der Waals surface area (Å²) in [5, 5.41) is 2.74. The summed E-state index contributed by atoms with van der Waals surface area (Å²) in [5.41, 5.74) is 4.80. The van der Waals surface area contributed by atoms with Gasteiger partial charge in [0, 0.05) is 18.4 Å². The van der Waals surface area contributed by atoms with E-state index in [1.807, 2.05) is 24.3 Å². The van der Waals surface area contributed by atoms with Crippen LogP contribution in [0.5, 0.6) is 0 Å². The van der Waals surface area contributed by atoms with Gasteiger partial charge in [0.25, 0.3) is 0 Å². The second-order valence-corrected chi connectivity index (χ2v) is 7.39. The van der Waals surface area contributed by atoms with Crippen molar-refractivity contribution in [1.29, 1.82) is 0 Å². The number of ether oxygens (including phenoxy) is 1. The molecule has 0 heterocycles. The fraction of sp³-hybridized carbons (Fsp3) is 0.364. The second kappa shape index (κ2) is 9.09. The molecule has 4 nitrogen and oxygen atoms in total. The average molecular weight is 384 g/mol. The van der Waals surface area contributed by atoms with Crippen molar-refractivity contribution in [2.45, 2.75) is 44.6 Å². The summed E-state index contributed by atoms with van der Waals surface area (Å²) in [6.07, 6.45) is 2.24. The maximum atomic E-state index is 12.3. The lowest BCUT2D eigenvalue weighted by Gasteiger charge is -2.19. The van der Waals surface area contributed by atoms with Crippen LogP contribution in [-0.4, -0.2) is 23.9 Å². The molecule has 0 radical (unpaired) electrons. The zero-order chi connectivity index (χ0) is 19.2. The minimum Gasteiger partial charge on any atom is -0.449 e. The van der Waals surface area contributed by atoms with Crippen LogP contribution in [0.15, 0.2) is 48.5 Å². The predicted molar refractivity (Wildman–Crippen MR) is 110 cm³/mol. The van der Waals surface area contributed by atoms with E-state index < -0.39 is 6.09 Å². The van der Waals surface area contributed by atoms with Crippen molar-refractivity contribution in [2.24, 2.45) is 0 Å². The van der Waals surface area contributed by atoms with Crippen molar-refractivity contribution in [3.05, 3.63) is 59.7 Å². The largest absolute Gasteiger partial charge is 0.449 e. The Kier molecular flexibility index (Phi) is 6.56. The summed E-state index contributed by atoms with van der Waals surface area (Å²) in [6, 6.07) is 16.4. The Morgan fingerprint density at radius 2 is 1.63 bits per heavy atom. The summed E-state index contributed by atoms with van der Waals surface area (Å²) in [5.74, 6) is 0.0480. The summed E-state index contributed by atoms with van der Waals surface area (Å²) in [6.45, 7) is 2.35. The Morgan fingerprint density at radius 1 is 1.04 bits per heavy atom. The van der Waals surface area contributed by atoms with Gasteiger partial charge in [-0.1, -0.05) is 61.9 Å². The molecule has 1 aliphatic carbocycles. The van der Waals surface area contributed by atoms with E-state index in [0.717, 1.165) is 12.8 Å². The Balaban J connectivity index is 1.64. The molecule has 0 spiro atoms. The molecule has 0 saturated heterocycles. The first-order valence-electron chi connectivity index (χ1n) is 9.43. The minimum atomic E-state index is -0.429. The van der Waals surface area contributed by atoms with Crippen molar-refractivity contribution < 1.29 is 14.3 Å². The van der Waals surface area contributed by atoms with Gasteiger partial charge >= 0.3 is 6.09 Å². The van der Waals surface area contributed by atoms with Crippen molar-refractivity contribution in [2.75, 3.05) is 6.61 Å². The molecule has 2 aromatic carbocycles. The lowest BCUT2D eigenvalue weighted by molar-refractivity contribution is -0.111. The molecule has 1 N–H and O–H groups in total. The quantitative estimate of drug-likeness (QED) is 0.636. The van der Waals surface area contributed by atoms with Gasteiger partial charge in [-0.05, 0) is 35.1 Å². The summed E-state index contributed by atoms with van der Waals surface area (Å²) in [7, 11) is 0. The number of benzene rings is 2. The number of amides is 1. The first kappa shape index (κ1) is 19.5. The highest BCUT2D eigenvalue weighted by Crippen LogP contribution is 2.44. The Hall–Kier alpha value is -2.27. The number of hydrogen-bond acceptors (Lipinski definition) is 3. The lowest BCUT2D eigenvalue weighted by atomic mass is 9.98. The Labute approximate surface area is 165 Å². The van der Waals surface area contributed by atoms with Gasteiger partial charge in [-0.15, -0.1) is 12.6 Å². The molecule has 0 bridgehead atoms. The first-order chi connectivity index (χ1) is 13.1. The molecule has 1 amide bonds. The van der Waals surface area contributed by atoms with Crippen LogP contribution in [0.1, 0.15) is 49.7 Å². The Bertz CT molecular complexity index is 775. The van der Waals surface area contributed by atoms with Crippen LogP contribution < -0.4 is 5.32 Å². The fourth-order valence-corrected chi connectivity index (χ4v) is 3.87. The van der Waals surface area contributed by atoms with E-state index in [2.05, 4.69) is 49.1 Å². The number of carbonyl (C=O) groups excluding carboxylic acids is 2. The monoisotopic (exact) mass is 383 g/mol. The van der Waals surface area contributed by atoms with Crippen LogP contribution in [0.2, 0.25) is 0 Å². The molecule has 0 unspecified atom stereocenters. The highest BCUT2D eigenvalue weighted by atomic mass is 32.1. The number of alkyl carbamates (subject to hydrolysis) is 1. The molecule has 1 aliphatic rings. The highest BCUT2D eigenvalue weighted by Gasteiger charge is 2.29. The smallest absolute Gasteiger partial charge is 0.407 e. The van der Waals surface area contributed by atoms with E-state index >= 15 is 0 Å². The molecule has 0 aliphatic heterocycles. The molecule has 2 aromatic rings. The third-order valence-corrected chi connectivity index (χ3v) is 5.23. The summed E-state index contributed by atoms with van der Waals surface area (Å²) in [4.78, 5) is 23.4. The van der Waals surface area contributed by atoms with Crippen LogP contribution in [-0.2, 0) is 9.53 Å². The van der Waals surface area contributed by atoms with Crippen LogP contribution in [0, 0.1) is 0 Å². The SMILES string of the molecule is CCC[C@H](CCC(=O)S)NC(=O)OCC1c2ccccc2-c2ccccc21. The zero-order valence-electron chi connectivity index (χ0n) is 15.5. The lowest BCUT2D eigenvalue weighted by Crippen LogP contribution is -2.36. The van der Waals surface area contributed by atoms with E-state index in [1.54, 1.807) is 0 Å². The fourth-order valence-electron chi connectivity index (χ4n) is 3.74. The highest BCUT2D eigenvalue weighted by molar-refractivity contribution is 7.96. The van der Waals surface area contributed by atoms with E-state index in [9.17, 15) is 9.59 Å². The molecular weight excluding hydrogens is 358 g/mol. The zero-order valence-corrected chi connectivity index (χ0v) is 16.4. The normalized spacial score (nSPS) is 13.6.